The highest BCUT2D eigenvalue weighted by atomic mass is 16.3. The number of aromatic nitrogens is 2. The van der Waals surface area contributed by atoms with Crippen LogP contribution in [0.5, 0.6) is 0 Å². The van der Waals surface area contributed by atoms with Crippen molar-refractivity contribution in [2.24, 2.45) is 11.8 Å². The Balaban J connectivity index is 2.09. The van der Waals surface area contributed by atoms with Crippen molar-refractivity contribution in [1.82, 2.24) is 9.55 Å². The molecule has 0 radical (unpaired) electrons. The topological polar surface area (TPSA) is 38.0 Å². The van der Waals surface area contributed by atoms with E-state index in [2.05, 4.69) is 30.3 Å². The van der Waals surface area contributed by atoms with Crippen molar-refractivity contribution in [1.29, 1.82) is 0 Å². The summed E-state index contributed by atoms with van der Waals surface area (Å²) >= 11 is 0. The molecule has 3 unspecified atom stereocenters. The summed E-state index contributed by atoms with van der Waals surface area (Å²) < 4.78 is 2.18. The number of rotatable bonds is 4. The molecular formula is C15H26N2O. The molecule has 1 aromatic heterocycles. The third-order valence-electron chi connectivity index (χ3n) is 4.47. The maximum absolute atomic E-state index is 10.9. The highest BCUT2D eigenvalue weighted by molar-refractivity contribution is 5.02. The number of nitrogens with zero attached hydrogens (tertiary/aromatic N) is 2. The first kappa shape index (κ1) is 13.6. The lowest BCUT2D eigenvalue weighted by Gasteiger charge is -2.40. The third kappa shape index (κ3) is 2.77. The number of aliphatic hydroxyl groups is 1. The minimum absolute atomic E-state index is 0.369. The zero-order chi connectivity index (χ0) is 13.2. The van der Waals surface area contributed by atoms with Crippen LogP contribution in [0.1, 0.15) is 52.3 Å². The highest BCUT2D eigenvalue weighted by Gasteiger charge is 2.39. The largest absolute Gasteiger partial charge is 0.389 e. The average molecular weight is 250 g/mol. The van der Waals surface area contributed by atoms with Crippen LogP contribution in [0.3, 0.4) is 0 Å². The fourth-order valence-corrected chi connectivity index (χ4v) is 3.17. The second kappa shape index (κ2) is 5.43. The van der Waals surface area contributed by atoms with Gasteiger partial charge in [0.2, 0.25) is 0 Å². The quantitative estimate of drug-likeness (QED) is 0.892. The summed E-state index contributed by atoms with van der Waals surface area (Å²) in [5, 5.41) is 10.9. The van der Waals surface area contributed by atoms with E-state index in [1.807, 2.05) is 12.4 Å². The van der Waals surface area contributed by atoms with Crippen molar-refractivity contribution in [2.75, 3.05) is 0 Å². The van der Waals surface area contributed by atoms with Gasteiger partial charge in [0.05, 0.1) is 5.60 Å². The summed E-state index contributed by atoms with van der Waals surface area (Å²) in [6.07, 6.45) is 8.86. The van der Waals surface area contributed by atoms with E-state index >= 15 is 0 Å². The fourth-order valence-electron chi connectivity index (χ4n) is 3.17. The summed E-state index contributed by atoms with van der Waals surface area (Å²) in [5.41, 5.74) is -0.552. The maximum atomic E-state index is 10.9. The van der Waals surface area contributed by atoms with Crippen molar-refractivity contribution in [3.8, 4) is 0 Å². The number of aryl methyl sites for hydroxylation is 1. The maximum Gasteiger partial charge on any atom is 0.111 e. The molecule has 3 atom stereocenters. The zero-order valence-corrected chi connectivity index (χ0v) is 11.9. The normalized spacial score (nSPS) is 32.7. The van der Waals surface area contributed by atoms with E-state index in [4.69, 9.17) is 0 Å². The Hall–Kier alpha value is -0.830. The average Bonchev–Trinajstić information content (AvgIpc) is 2.73. The van der Waals surface area contributed by atoms with Gasteiger partial charge in [0.15, 0.2) is 0 Å². The molecule has 0 aliphatic heterocycles. The van der Waals surface area contributed by atoms with Gasteiger partial charge in [-0.25, -0.2) is 4.98 Å². The summed E-state index contributed by atoms with van der Waals surface area (Å²) in [6, 6.07) is 0. The van der Waals surface area contributed by atoms with Crippen LogP contribution in [0.25, 0.3) is 0 Å². The van der Waals surface area contributed by atoms with Crippen molar-refractivity contribution < 1.29 is 5.11 Å². The number of imidazole rings is 1. The lowest BCUT2D eigenvalue weighted by atomic mass is 9.70. The van der Waals surface area contributed by atoms with Crippen LogP contribution in [-0.2, 0) is 13.0 Å². The second-order valence-corrected chi connectivity index (χ2v) is 6.10. The molecule has 1 aliphatic carbocycles. The lowest BCUT2D eigenvalue weighted by Crippen LogP contribution is -2.43. The smallest absolute Gasteiger partial charge is 0.111 e. The minimum atomic E-state index is -0.552. The van der Waals surface area contributed by atoms with Gasteiger partial charge in [-0.2, -0.15) is 0 Å². The van der Waals surface area contributed by atoms with Gasteiger partial charge in [0.1, 0.15) is 5.82 Å². The van der Waals surface area contributed by atoms with Gasteiger partial charge in [0, 0.05) is 25.4 Å². The molecular weight excluding hydrogens is 224 g/mol. The predicted octanol–water partition coefficient (Wildman–Crippen LogP) is 3.02. The van der Waals surface area contributed by atoms with Gasteiger partial charge in [-0.15, -0.1) is 0 Å². The molecule has 0 spiro atoms. The van der Waals surface area contributed by atoms with E-state index in [1.54, 1.807) is 0 Å². The number of hydrogen-bond acceptors (Lipinski definition) is 2. The molecule has 1 heterocycles. The summed E-state index contributed by atoms with van der Waals surface area (Å²) in [5.74, 6) is 2.16. The Morgan fingerprint density at radius 1 is 1.50 bits per heavy atom. The molecule has 1 fully saturated rings. The van der Waals surface area contributed by atoms with Crippen molar-refractivity contribution >= 4 is 0 Å². The van der Waals surface area contributed by atoms with E-state index in [9.17, 15) is 5.11 Å². The first-order valence-electron chi connectivity index (χ1n) is 7.27. The lowest BCUT2D eigenvalue weighted by molar-refractivity contribution is -0.0541. The van der Waals surface area contributed by atoms with Gasteiger partial charge in [-0.3, -0.25) is 0 Å². The van der Waals surface area contributed by atoms with Crippen molar-refractivity contribution in [3.63, 3.8) is 0 Å². The van der Waals surface area contributed by atoms with Gasteiger partial charge in [0.25, 0.3) is 0 Å². The zero-order valence-electron chi connectivity index (χ0n) is 11.9. The van der Waals surface area contributed by atoms with E-state index in [1.165, 1.54) is 0 Å². The monoisotopic (exact) mass is 250 g/mol. The summed E-state index contributed by atoms with van der Waals surface area (Å²) in [7, 11) is 0. The van der Waals surface area contributed by atoms with Crippen molar-refractivity contribution in [3.05, 3.63) is 18.2 Å². The molecule has 0 amide bonds. The van der Waals surface area contributed by atoms with Gasteiger partial charge in [-0.05, 0) is 37.5 Å². The molecule has 3 nitrogen and oxygen atoms in total. The Bertz CT molecular complexity index is 388. The highest BCUT2D eigenvalue weighted by Crippen LogP contribution is 2.38. The second-order valence-electron chi connectivity index (χ2n) is 6.10. The van der Waals surface area contributed by atoms with E-state index in [0.29, 0.717) is 12.3 Å². The summed E-state index contributed by atoms with van der Waals surface area (Å²) in [6.45, 7) is 7.64. The molecule has 3 heteroatoms. The van der Waals surface area contributed by atoms with Crippen LogP contribution in [-0.4, -0.2) is 20.3 Å². The standard InChI is InChI=1S/C15H26N2O/c1-4-8-17-9-7-16-14(17)11-15(18)6-5-12(2)10-13(15)3/h7,9,12-13,18H,4-6,8,10-11H2,1-3H3. The molecule has 2 rings (SSSR count). The SMILES string of the molecule is CCCn1ccnc1CC1(O)CCC(C)CC1C. The molecule has 0 aromatic carbocycles. The predicted molar refractivity (Wildman–Crippen MR) is 73.4 cm³/mol. The van der Waals surface area contributed by atoms with Crippen LogP contribution in [0.4, 0.5) is 0 Å². The van der Waals surface area contributed by atoms with E-state index in [0.717, 1.165) is 44.0 Å². The molecule has 0 saturated heterocycles. The molecule has 0 bridgehead atoms. The molecule has 1 aromatic rings. The van der Waals surface area contributed by atoms with Gasteiger partial charge in [-0.1, -0.05) is 20.8 Å². The van der Waals surface area contributed by atoms with Crippen LogP contribution >= 0.6 is 0 Å². The van der Waals surface area contributed by atoms with Crippen molar-refractivity contribution in [2.45, 2.75) is 65.0 Å². The van der Waals surface area contributed by atoms with Gasteiger partial charge >= 0.3 is 0 Å². The molecule has 1 saturated carbocycles. The Labute approximate surface area is 110 Å². The minimum Gasteiger partial charge on any atom is -0.389 e. The Morgan fingerprint density at radius 3 is 2.94 bits per heavy atom. The van der Waals surface area contributed by atoms with Crippen LogP contribution < -0.4 is 0 Å². The number of hydrogen-bond donors (Lipinski definition) is 1. The molecule has 102 valence electrons. The van der Waals surface area contributed by atoms with Crippen LogP contribution in [0.15, 0.2) is 12.4 Å². The molecule has 1 aliphatic rings. The Kier molecular flexibility index (Phi) is 4.10. The molecule has 18 heavy (non-hydrogen) atoms. The first-order chi connectivity index (χ1) is 8.55. The molecule has 1 N–H and O–H groups in total. The Morgan fingerprint density at radius 2 is 2.28 bits per heavy atom. The first-order valence-corrected chi connectivity index (χ1v) is 7.27. The van der Waals surface area contributed by atoms with Crippen LogP contribution in [0.2, 0.25) is 0 Å². The fraction of sp³-hybridized carbons (Fsp3) is 0.800. The third-order valence-corrected chi connectivity index (χ3v) is 4.47. The van der Waals surface area contributed by atoms with Crippen LogP contribution in [0, 0.1) is 11.8 Å². The van der Waals surface area contributed by atoms with Gasteiger partial charge < -0.3 is 9.67 Å². The van der Waals surface area contributed by atoms with E-state index in [-0.39, 0.29) is 0 Å². The summed E-state index contributed by atoms with van der Waals surface area (Å²) in [4.78, 5) is 4.43. The van der Waals surface area contributed by atoms with E-state index < -0.39 is 5.60 Å².